The van der Waals surface area contributed by atoms with Crippen molar-refractivity contribution in [3.63, 3.8) is 0 Å². The van der Waals surface area contributed by atoms with Crippen molar-refractivity contribution in [2.75, 3.05) is 20.1 Å². The lowest BCUT2D eigenvalue weighted by Crippen LogP contribution is -2.47. The molecule has 0 spiro atoms. The Morgan fingerprint density at radius 2 is 1.96 bits per heavy atom. The fourth-order valence-electron chi connectivity index (χ4n) is 2.98. The Balaban J connectivity index is 0.00000243. The normalized spacial score (nSPS) is 15.3. The molecule has 0 saturated carbocycles. The molecule has 2 heterocycles. The highest BCUT2D eigenvalue weighted by atomic mass is 127. The van der Waals surface area contributed by atoms with Crippen molar-refractivity contribution in [3.05, 3.63) is 54.1 Å². The first-order valence-electron chi connectivity index (χ1n) is 8.70. The van der Waals surface area contributed by atoms with Gasteiger partial charge in [-0.15, -0.1) is 24.0 Å². The molecule has 1 aromatic heterocycles. The average Bonchev–Trinajstić information content (AvgIpc) is 2.64. The van der Waals surface area contributed by atoms with Gasteiger partial charge in [-0.2, -0.15) is 0 Å². The molecule has 2 aromatic rings. The third-order valence-corrected chi connectivity index (χ3v) is 4.26. The van der Waals surface area contributed by atoms with Crippen LogP contribution in [0.15, 0.2) is 47.6 Å². The summed E-state index contributed by atoms with van der Waals surface area (Å²) in [6.45, 7) is 4.41. The molecule has 6 nitrogen and oxygen atoms in total. The highest BCUT2D eigenvalue weighted by Gasteiger charge is 2.22. The number of halogens is 1. The van der Waals surface area contributed by atoms with E-state index >= 15 is 0 Å². The maximum atomic E-state index is 6.06. The van der Waals surface area contributed by atoms with Crippen molar-refractivity contribution in [1.82, 2.24) is 20.2 Å². The van der Waals surface area contributed by atoms with Crippen molar-refractivity contribution < 1.29 is 4.74 Å². The average molecular weight is 467 g/mol. The minimum Gasteiger partial charge on any atom is -0.490 e. The van der Waals surface area contributed by atoms with Crippen LogP contribution < -0.4 is 10.1 Å². The molecule has 1 fully saturated rings. The minimum atomic E-state index is 0. The molecular weight excluding hydrogens is 441 g/mol. The van der Waals surface area contributed by atoms with Crippen LogP contribution in [0.3, 0.4) is 0 Å². The number of piperidine rings is 1. The van der Waals surface area contributed by atoms with Crippen molar-refractivity contribution >= 4 is 29.9 Å². The molecule has 26 heavy (non-hydrogen) atoms. The number of hydrogen-bond acceptors (Lipinski definition) is 4. The van der Waals surface area contributed by atoms with Crippen molar-refractivity contribution in [3.8, 4) is 5.75 Å². The van der Waals surface area contributed by atoms with Gasteiger partial charge in [0.1, 0.15) is 17.7 Å². The largest absolute Gasteiger partial charge is 0.490 e. The van der Waals surface area contributed by atoms with Crippen LogP contribution in [0, 0.1) is 6.92 Å². The number of aryl methyl sites for hydroxylation is 1. The van der Waals surface area contributed by atoms with Crippen LogP contribution in [0.2, 0.25) is 0 Å². The SMILES string of the molecule is CN=C(NCc1ccnc(C)n1)N1CCC(Oc2ccccc2)CC1.I. The number of benzene rings is 1. The molecule has 0 atom stereocenters. The number of guanidine groups is 1. The molecular formula is C19H26IN5O. The van der Waals surface area contributed by atoms with Crippen LogP contribution >= 0.6 is 24.0 Å². The van der Waals surface area contributed by atoms with E-state index in [0.717, 1.165) is 49.2 Å². The topological polar surface area (TPSA) is 62.6 Å². The lowest BCUT2D eigenvalue weighted by atomic mass is 10.1. The maximum absolute atomic E-state index is 6.06. The summed E-state index contributed by atoms with van der Waals surface area (Å²) in [5.74, 6) is 2.64. The molecule has 1 aliphatic rings. The quantitative estimate of drug-likeness (QED) is 0.426. The van der Waals surface area contributed by atoms with Gasteiger partial charge in [0, 0.05) is 39.2 Å². The minimum absolute atomic E-state index is 0. The number of aromatic nitrogens is 2. The second-order valence-electron chi connectivity index (χ2n) is 6.11. The third kappa shape index (κ3) is 5.82. The monoisotopic (exact) mass is 467 g/mol. The van der Waals surface area contributed by atoms with Crippen LogP contribution in [-0.4, -0.2) is 47.1 Å². The molecule has 0 amide bonds. The van der Waals surface area contributed by atoms with Gasteiger partial charge in [-0.1, -0.05) is 18.2 Å². The summed E-state index contributed by atoms with van der Waals surface area (Å²) in [5.41, 5.74) is 0.968. The molecule has 140 valence electrons. The van der Waals surface area contributed by atoms with Crippen molar-refractivity contribution in [2.24, 2.45) is 4.99 Å². The predicted octanol–water partition coefficient (Wildman–Crippen LogP) is 3.02. The van der Waals surface area contributed by atoms with Gasteiger partial charge in [-0.3, -0.25) is 4.99 Å². The fraction of sp³-hybridized carbons (Fsp3) is 0.421. The van der Waals surface area contributed by atoms with E-state index in [-0.39, 0.29) is 30.1 Å². The van der Waals surface area contributed by atoms with Gasteiger partial charge in [0.2, 0.25) is 0 Å². The molecule has 1 aliphatic heterocycles. The van der Waals surface area contributed by atoms with Crippen LogP contribution in [0.25, 0.3) is 0 Å². The Bertz CT molecular complexity index is 702. The summed E-state index contributed by atoms with van der Waals surface area (Å²) >= 11 is 0. The molecule has 7 heteroatoms. The van der Waals surface area contributed by atoms with Gasteiger partial charge in [0.15, 0.2) is 5.96 Å². The van der Waals surface area contributed by atoms with E-state index < -0.39 is 0 Å². The summed E-state index contributed by atoms with van der Waals surface area (Å²) in [7, 11) is 1.82. The Labute approximate surface area is 172 Å². The summed E-state index contributed by atoms with van der Waals surface area (Å²) in [5, 5.41) is 3.39. The standard InChI is InChI=1S/C19H25N5O.HI/c1-15-21-11-8-16(23-15)14-22-19(20-2)24-12-9-18(10-13-24)25-17-6-4-3-5-7-17;/h3-8,11,18H,9-10,12-14H2,1-2H3,(H,20,22);1H. The molecule has 3 rings (SSSR count). The van der Waals surface area contributed by atoms with E-state index in [1.165, 1.54) is 0 Å². The molecule has 0 radical (unpaired) electrons. The van der Waals surface area contributed by atoms with E-state index in [1.807, 2.05) is 50.4 Å². The summed E-state index contributed by atoms with van der Waals surface area (Å²) in [6, 6.07) is 12.0. The lowest BCUT2D eigenvalue weighted by Gasteiger charge is -2.34. The molecule has 1 aromatic carbocycles. The summed E-state index contributed by atoms with van der Waals surface area (Å²) in [6.07, 6.45) is 4.03. The van der Waals surface area contributed by atoms with Crippen LogP contribution in [0.1, 0.15) is 24.4 Å². The number of para-hydroxylation sites is 1. The Kier molecular flexibility index (Phi) is 8.08. The smallest absolute Gasteiger partial charge is 0.193 e. The zero-order valence-electron chi connectivity index (χ0n) is 15.3. The van der Waals surface area contributed by atoms with E-state index in [2.05, 4.69) is 25.2 Å². The number of likely N-dealkylation sites (tertiary alicyclic amines) is 1. The summed E-state index contributed by atoms with van der Waals surface area (Å²) in [4.78, 5) is 15.2. The predicted molar refractivity (Wildman–Crippen MR) is 114 cm³/mol. The number of nitrogens with zero attached hydrogens (tertiary/aromatic N) is 4. The molecule has 1 saturated heterocycles. The number of nitrogens with one attached hydrogen (secondary N) is 1. The number of hydrogen-bond donors (Lipinski definition) is 1. The van der Waals surface area contributed by atoms with E-state index in [4.69, 9.17) is 4.74 Å². The third-order valence-electron chi connectivity index (χ3n) is 4.26. The number of rotatable bonds is 4. The zero-order valence-corrected chi connectivity index (χ0v) is 17.6. The van der Waals surface area contributed by atoms with E-state index in [9.17, 15) is 0 Å². The molecule has 1 N–H and O–H groups in total. The summed E-state index contributed by atoms with van der Waals surface area (Å²) < 4.78 is 6.06. The fourth-order valence-corrected chi connectivity index (χ4v) is 2.98. The first-order chi connectivity index (χ1) is 12.2. The van der Waals surface area contributed by atoms with Crippen molar-refractivity contribution in [1.29, 1.82) is 0 Å². The first-order valence-corrected chi connectivity index (χ1v) is 8.70. The first kappa shape index (κ1) is 20.4. The molecule has 0 bridgehead atoms. The van der Waals surface area contributed by atoms with E-state index in [1.54, 1.807) is 6.20 Å². The molecule has 0 unspecified atom stereocenters. The van der Waals surface area contributed by atoms with Gasteiger partial charge in [-0.05, 0) is 25.1 Å². The molecule has 0 aliphatic carbocycles. The Morgan fingerprint density at radius 1 is 1.23 bits per heavy atom. The lowest BCUT2D eigenvalue weighted by molar-refractivity contribution is 0.129. The van der Waals surface area contributed by atoms with Crippen LogP contribution in [0.4, 0.5) is 0 Å². The van der Waals surface area contributed by atoms with Gasteiger partial charge >= 0.3 is 0 Å². The second-order valence-corrected chi connectivity index (χ2v) is 6.11. The Hall–Kier alpha value is -1.90. The van der Waals surface area contributed by atoms with Crippen LogP contribution in [0.5, 0.6) is 5.75 Å². The van der Waals surface area contributed by atoms with Gasteiger partial charge in [0.05, 0.1) is 12.2 Å². The van der Waals surface area contributed by atoms with Crippen LogP contribution in [-0.2, 0) is 6.54 Å². The van der Waals surface area contributed by atoms with E-state index in [0.29, 0.717) is 6.54 Å². The maximum Gasteiger partial charge on any atom is 0.193 e. The highest BCUT2D eigenvalue weighted by molar-refractivity contribution is 14.0. The highest BCUT2D eigenvalue weighted by Crippen LogP contribution is 2.18. The van der Waals surface area contributed by atoms with Gasteiger partial charge in [-0.25, -0.2) is 9.97 Å². The van der Waals surface area contributed by atoms with Gasteiger partial charge < -0.3 is 15.0 Å². The Morgan fingerprint density at radius 3 is 2.62 bits per heavy atom. The second kappa shape index (κ2) is 10.3. The zero-order chi connectivity index (χ0) is 17.5. The number of aliphatic imine (C=N–C) groups is 1. The number of ether oxygens (including phenoxy) is 1. The van der Waals surface area contributed by atoms with Gasteiger partial charge in [0.25, 0.3) is 0 Å². The van der Waals surface area contributed by atoms with Crippen molar-refractivity contribution in [2.45, 2.75) is 32.4 Å².